The monoisotopic (exact) mass is 363 g/mol. The van der Waals surface area contributed by atoms with Crippen LogP contribution in [-0.2, 0) is 16.6 Å². The van der Waals surface area contributed by atoms with Gasteiger partial charge >= 0.3 is 0 Å². The van der Waals surface area contributed by atoms with Gasteiger partial charge in [0.15, 0.2) is 0 Å². The maximum absolute atomic E-state index is 12.9. The molecule has 0 fully saturated rings. The molecule has 2 aromatic carbocycles. The average Bonchev–Trinajstić information content (AvgIpc) is 3.09. The highest BCUT2D eigenvalue weighted by molar-refractivity contribution is 7.89. The molecule has 0 amide bonds. The third-order valence-electron chi connectivity index (χ3n) is 3.35. The van der Waals surface area contributed by atoms with Crippen molar-refractivity contribution >= 4 is 10.0 Å². The molecule has 0 atom stereocenters. The van der Waals surface area contributed by atoms with Crippen molar-refractivity contribution in [3.05, 3.63) is 60.2 Å². The van der Waals surface area contributed by atoms with E-state index < -0.39 is 15.8 Å². The Hall–Kier alpha value is -2.78. The van der Waals surface area contributed by atoms with Crippen molar-refractivity contribution in [1.82, 2.24) is 14.9 Å². The van der Waals surface area contributed by atoms with Gasteiger partial charge in [0.25, 0.3) is 0 Å². The van der Waals surface area contributed by atoms with Gasteiger partial charge in [-0.05, 0) is 36.4 Å². The highest BCUT2D eigenvalue weighted by Crippen LogP contribution is 2.27. The summed E-state index contributed by atoms with van der Waals surface area (Å²) in [5.74, 6) is 0.430. The van der Waals surface area contributed by atoms with Gasteiger partial charge < -0.3 is 9.26 Å². The third kappa shape index (κ3) is 3.83. The van der Waals surface area contributed by atoms with Crippen molar-refractivity contribution in [2.45, 2.75) is 11.4 Å². The van der Waals surface area contributed by atoms with Crippen LogP contribution in [0.15, 0.2) is 57.9 Å². The first kappa shape index (κ1) is 17.1. The molecule has 130 valence electrons. The Bertz CT molecular complexity index is 971. The SMILES string of the molecule is COc1ccccc1-c1noc(CNS(=O)(=O)c2ccc(F)cc2)n1. The van der Waals surface area contributed by atoms with Gasteiger partial charge in [-0.1, -0.05) is 17.3 Å². The fraction of sp³-hybridized carbons (Fsp3) is 0.125. The number of halogens is 1. The fourth-order valence-corrected chi connectivity index (χ4v) is 3.09. The summed E-state index contributed by atoms with van der Waals surface area (Å²) in [6, 6.07) is 11.6. The zero-order valence-electron chi connectivity index (χ0n) is 13.1. The topological polar surface area (TPSA) is 94.3 Å². The van der Waals surface area contributed by atoms with E-state index in [1.807, 2.05) is 0 Å². The second-order valence-electron chi connectivity index (χ2n) is 4.99. The molecule has 1 N–H and O–H groups in total. The molecule has 7 nitrogen and oxygen atoms in total. The van der Waals surface area contributed by atoms with E-state index in [2.05, 4.69) is 14.9 Å². The van der Waals surface area contributed by atoms with E-state index in [-0.39, 0.29) is 23.2 Å². The van der Waals surface area contributed by atoms with Crippen LogP contribution in [0.3, 0.4) is 0 Å². The van der Waals surface area contributed by atoms with Crippen molar-refractivity contribution in [3.8, 4) is 17.1 Å². The number of methoxy groups -OCH3 is 1. The summed E-state index contributed by atoms with van der Waals surface area (Å²) in [6.07, 6.45) is 0. The van der Waals surface area contributed by atoms with Crippen LogP contribution in [0.1, 0.15) is 5.89 Å². The minimum atomic E-state index is -3.81. The molecule has 0 saturated heterocycles. The standard InChI is InChI=1S/C16H14FN3O4S/c1-23-14-5-3-2-4-13(14)16-19-15(24-20-16)10-18-25(21,22)12-8-6-11(17)7-9-12/h2-9,18H,10H2,1H3. The minimum Gasteiger partial charge on any atom is -0.496 e. The molecule has 3 aromatic rings. The molecule has 0 bridgehead atoms. The van der Waals surface area contributed by atoms with E-state index in [9.17, 15) is 12.8 Å². The summed E-state index contributed by atoms with van der Waals surface area (Å²) in [7, 11) is -2.29. The lowest BCUT2D eigenvalue weighted by atomic mass is 10.2. The number of ether oxygens (including phenoxy) is 1. The highest BCUT2D eigenvalue weighted by atomic mass is 32.2. The molecule has 0 radical (unpaired) electrons. The zero-order chi connectivity index (χ0) is 17.9. The van der Waals surface area contributed by atoms with Gasteiger partial charge in [0, 0.05) is 0 Å². The molecule has 9 heteroatoms. The van der Waals surface area contributed by atoms with Crippen molar-refractivity contribution in [2.75, 3.05) is 7.11 Å². The Kier molecular flexibility index (Phi) is 4.77. The van der Waals surface area contributed by atoms with Gasteiger partial charge in [-0.25, -0.2) is 17.5 Å². The smallest absolute Gasteiger partial charge is 0.242 e. The van der Waals surface area contributed by atoms with Crippen LogP contribution in [0.5, 0.6) is 5.75 Å². The summed E-state index contributed by atoms with van der Waals surface area (Å²) in [6.45, 7) is -0.193. The van der Waals surface area contributed by atoms with Crippen LogP contribution < -0.4 is 9.46 Å². The molecular weight excluding hydrogens is 349 g/mol. The van der Waals surface area contributed by atoms with Crippen molar-refractivity contribution in [2.24, 2.45) is 0 Å². The third-order valence-corrected chi connectivity index (χ3v) is 4.77. The molecule has 0 aliphatic rings. The van der Waals surface area contributed by atoms with E-state index in [1.165, 1.54) is 19.2 Å². The molecule has 0 saturated carbocycles. The van der Waals surface area contributed by atoms with Gasteiger partial charge in [-0.15, -0.1) is 0 Å². The Morgan fingerprint density at radius 3 is 2.60 bits per heavy atom. The Labute approximate surface area is 143 Å². The van der Waals surface area contributed by atoms with Crippen LogP contribution in [0.25, 0.3) is 11.4 Å². The highest BCUT2D eigenvalue weighted by Gasteiger charge is 2.17. The lowest BCUT2D eigenvalue weighted by Crippen LogP contribution is -2.23. The molecule has 0 spiro atoms. The number of hydrogen-bond acceptors (Lipinski definition) is 6. The lowest BCUT2D eigenvalue weighted by Gasteiger charge is -2.04. The van der Waals surface area contributed by atoms with Gasteiger partial charge in [-0.2, -0.15) is 4.98 Å². The molecular formula is C16H14FN3O4S. The van der Waals surface area contributed by atoms with E-state index in [0.29, 0.717) is 11.3 Å². The van der Waals surface area contributed by atoms with Crippen LogP contribution in [0.4, 0.5) is 4.39 Å². The molecule has 1 heterocycles. The van der Waals surface area contributed by atoms with E-state index >= 15 is 0 Å². The Morgan fingerprint density at radius 2 is 1.88 bits per heavy atom. The second-order valence-corrected chi connectivity index (χ2v) is 6.76. The van der Waals surface area contributed by atoms with Gasteiger partial charge in [-0.3, -0.25) is 0 Å². The van der Waals surface area contributed by atoms with Crippen LogP contribution in [-0.4, -0.2) is 25.7 Å². The normalized spacial score (nSPS) is 11.4. The summed E-state index contributed by atoms with van der Waals surface area (Å²) >= 11 is 0. The molecule has 0 unspecified atom stereocenters. The zero-order valence-corrected chi connectivity index (χ0v) is 14.0. The first-order valence-electron chi connectivity index (χ1n) is 7.21. The number of aromatic nitrogens is 2. The first-order valence-corrected chi connectivity index (χ1v) is 8.69. The predicted octanol–water partition coefficient (Wildman–Crippen LogP) is 2.36. The van der Waals surface area contributed by atoms with E-state index in [0.717, 1.165) is 12.1 Å². The summed E-state index contributed by atoms with van der Waals surface area (Å²) in [5, 5.41) is 3.83. The van der Waals surface area contributed by atoms with Crippen molar-refractivity contribution in [1.29, 1.82) is 0 Å². The first-order chi connectivity index (χ1) is 12.0. The van der Waals surface area contributed by atoms with Gasteiger partial charge in [0.1, 0.15) is 11.6 Å². The molecule has 3 rings (SSSR count). The minimum absolute atomic E-state index is 0.0571. The maximum atomic E-state index is 12.9. The van der Waals surface area contributed by atoms with Crippen LogP contribution in [0, 0.1) is 5.82 Å². The number of sulfonamides is 1. The lowest BCUT2D eigenvalue weighted by molar-refractivity contribution is 0.375. The molecule has 25 heavy (non-hydrogen) atoms. The maximum Gasteiger partial charge on any atom is 0.242 e. The van der Waals surface area contributed by atoms with Crippen molar-refractivity contribution in [3.63, 3.8) is 0 Å². The number of nitrogens with one attached hydrogen (secondary N) is 1. The fourth-order valence-electron chi connectivity index (χ4n) is 2.12. The van der Waals surface area contributed by atoms with Crippen molar-refractivity contribution < 1.29 is 22.1 Å². The second kappa shape index (κ2) is 6.99. The van der Waals surface area contributed by atoms with Gasteiger partial charge in [0.05, 0.1) is 24.1 Å². The number of hydrogen-bond donors (Lipinski definition) is 1. The van der Waals surface area contributed by atoms with E-state index in [1.54, 1.807) is 24.3 Å². The molecule has 0 aliphatic heterocycles. The molecule has 0 aliphatic carbocycles. The van der Waals surface area contributed by atoms with E-state index in [4.69, 9.17) is 9.26 Å². The predicted molar refractivity (Wildman–Crippen MR) is 86.7 cm³/mol. The van der Waals surface area contributed by atoms with Gasteiger partial charge in [0.2, 0.25) is 21.7 Å². The Morgan fingerprint density at radius 1 is 1.16 bits per heavy atom. The summed E-state index contributed by atoms with van der Waals surface area (Å²) < 4.78 is 49.8. The number of para-hydroxylation sites is 1. The average molecular weight is 363 g/mol. The summed E-state index contributed by atoms with van der Waals surface area (Å²) in [5.41, 5.74) is 0.626. The Balaban J connectivity index is 1.75. The van der Waals surface area contributed by atoms with Crippen LogP contribution >= 0.6 is 0 Å². The molecule has 1 aromatic heterocycles. The number of rotatable bonds is 6. The number of nitrogens with zero attached hydrogens (tertiary/aromatic N) is 2. The van der Waals surface area contributed by atoms with Crippen LogP contribution in [0.2, 0.25) is 0 Å². The quantitative estimate of drug-likeness (QED) is 0.722. The summed E-state index contributed by atoms with van der Waals surface area (Å²) in [4.78, 5) is 4.10. The number of benzene rings is 2. The largest absolute Gasteiger partial charge is 0.496 e.